The van der Waals surface area contributed by atoms with Crippen LogP contribution in [0.4, 0.5) is 0 Å². The van der Waals surface area contributed by atoms with Crippen LogP contribution < -0.4 is 0 Å². The first-order chi connectivity index (χ1) is 10.6. The van der Waals surface area contributed by atoms with E-state index in [1.165, 1.54) is 0 Å². The molecule has 2 unspecified atom stereocenters. The van der Waals surface area contributed by atoms with Gasteiger partial charge in [-0.25, -0.2) is 0 Å². The molecule has 0 radical (unpaired) electrons. The summed E-state index contributed by atoms with van der Waals surface area (Å²) in [5.41, 5.74) is -1.07. The number of aliphatic hydroxyl groups is 2. The van der Waals surface area contributed by atoms with Gasteiger partial charge in [0.25, 0.3) is 0 Å². The average molecular weight is 320 g/mol. The Labute approximate surface area is 140 Å². The first-order valence-corrected chi connectivity index (χ1v) is 9.16. The fourth-order valence-electron chi connectivity index (χ4n) is 6.37. The molecule has 130 valence electrons. The first kappa shape index (κ1) is 17.2. The van der Waals surface area contributed by atoms with E-state index in [0.717, 1.165) is 19.3 Å². The first-order valence-electron chi connectivity index (χ1n) is 9.16. The lowest BCUT2D eigenvalue weighted by Gasteiger charge is -2.61. The molecule has 3 saturated carbocycles. The van der Waals surface area contributed by atoms with E-state index in [0.29, 0.717) is 24.5 Å². The van der Waals surface area contributed by atoms with E-state index < -0.39 is 23.0 Å². The quantitative estimate of drug-likeness (QED) is 0.729. The zero-order chi connectivity index (χ0) is 17.2. The van der Waals surface area contributed by atoms with E-state index in [2.05, 4.69) is 27.4 Å². The van der Waals surface area contributed by atoms with Gasteiger partial charge in [-0.1, -0.05) is 33.8 Å². The standard InChI is InChI=1S/C20H32O3/c1-6-18(4)11-15(22)19(5)12(2)7-9-20(13(3)17(18)23)10-8-14(21)16(19)20/h6,12-13,15-17,22-23H,1,7-11H2,2-5H3/t12-,13+,15-,16?,17+,18-,19+,20?/m1/s1. The van der Waals surface area contributed by atoms with Crippen molar-refractivity contribution in [1.82, 2.24) is 0 Å². The van der Waals surface area contributed by atoms with Crippen molar-refractivity contribution in [1.29, 1.82) is 0 Å². The predicted molar refractivity (Wildman–Crippen MR) is 90.8 cm³/mol. The van der Waals surface area contributed by atoms with Crippen molar-refractivity contribution in [2.24, 2.45) is 34.0 Å². The van der Waals surface area contributed by atoms with Gasteiger partial charge in [0, 0.05) is 23.2 Å². The lowest BCUT2D eigenvalue weighted by atomic mass is 9.44. The van der Waals surface area contributed by atoms with Crippen LogP contribution in [0.15, 0.2) is 12.7 Å². The van der Waals surface area contributed by atoms with Gasteiger partial charge in [0.2, 0.25) is 0 Å². The van der Waals surface area contributed by atoms with Gasteiger partial charge < -0.3 is 10.2 Å². The molecule has 2 bridgehead atoms. The van der Waals surface area contributed by atoms with E-state index in [4.69, 9.17) is 0 Å². The normalized spacial score (nSPS) is 56.6. The number of hydrogen-bond donors (Lipinski definition) is 2. The summed E-state index contributed by atoms with van der Waals surface area (Å²) in [7, 11) is 0. The minimum absolute atomic E-state index is 0.0428. The van der Waals surface area contributed by atoms with E-state index in [1.54, 1.807) is 0 Å². The summed E-state index contributed by atoms with van der Waals surface area (Å²) in [6.07, 6.45) is 4.60. The van der Waals surface area contributed by atoms with Crippen molar-refractivity contribution < 1.29 is 15.0 Å². The van der Waals surface area contributed by atoms with Crippen LogP contribution in [0.2, 0.25) is 0 Å². The Hall–Kier alpha value is -0.670. The van der Waals surface area contributed by atoms with Crippen molar-refractivity contribution in [2.75, 3.05) is 0 Å². The van der Waals surface area contributed by atoms with Crippen LogP contribution in [-0.2, 0) is 4.79 Å². The van der Waals surface area contributed by atoms with E-state index >= 15 is 0 Å². The Bertz CT molecular complexity index is 529. The molecule has 0 aliphatic heterocycles. The van der Waals surface area contributed by atoms with E-state index in [9.17, 15) is 15.0 Å². The molecule has 8 atom stereocenters. The fourth-order valence-corrected chi connectivity index (χ4v) is 6.37. The molecule has 2 N–H and O–H groups in total. The maximum atomic E-state index is 12.8. The summed E-state index contributed by atoms with van der Waals surface area (Å²) in [4.78, 5) is 12.8. The monoisotopic (exact) mass is 320 g/mol. The predicted octanol–water partition coefficient (Wildman–Crippen LogP) is 3.34. The number of Topliss-reactive ketones (excluding diaryl/α,β-unsaturated/α-hetero) is 1. The average Bonchev–Trinajstić information content (AvgIpc) is 2.87. The minimum Gasteiger partial charge on any atom is -0.392 e. The molecule has 0 aromatic rings. The lowest BCUT2D eigenvalue weighted by molar-refractivity contribution is -0.191. The highest BCUT2D eigenvalue weighted by molar-refractivity contribution is 5.85. The van der Waals surface area contributed by atoms with Crippen LogP contribution in [0, 0.1) is 34.0 Å². The van der Waals surface area contributed by atoms with Crippen LogP contribution in [0.3, 0.4) is 0 Å². The van der Waals surface area contributed by atoms with Crippen LogP contribution in [0.5, 0.6) is 0 Å². The highest BCUT2D eigenvalue weighted by atomic mass is 16.3. The molecule has 0 amide bonds. The van der Waals surface area contributed by atoms with Crippen LogP contribution in [0.1, 0.15) is 59.8 Å². The molecule has 0 aromatic heterocycles. The molecule has 23 heavy (non-hydrogen) atoms. The van der Waals surface area contributed by atoms with Crippen molar-refractivity contribution in [2.45, 2.75) is 72.0 Å². The summed E-state index contributed by atoms with van der Waals surface area (Å²) >= 11 is 0. The third-order valence-electron chi connectivity index (χ3n) is 8.33. The topological polar surface area (TPSA) is 57.5 Å². The van der Waals surface area contributed by atoms with Gasteiger partial charge in [0.1, 0.15) is 5.78 Å². The molecule has 0 heterocycles. The Balaban J connectivity index is 2.21. The van der Waals surface area contributed by atoms with Crippen molar-refractivity contribution in [3.63, 3.8) is 0 Å². The molecule has 3 aliphatic carbocycles. The molecule has 0 aromatic carbocycles. The smallest absolute Gasteiger partial charge is 0.137 e. The van der Waals surface area contributed by atoms with Crippen LogP contribution >= 0.6 is 0 Å². The number of hydrogen-bond acceptors (Lipinski definition) is 3. The Morgan fingerprint density at radius 1 is 1.22 bits per heavy atom. The Kier molecular flexibility index (Phi) is 3.85. The number of carbonyl (C=O) groups is 1. The summed E-state index contributed by atoms with van der Waals surface area (Å²) in [5, 5.41) is 22.3. The minimum atomic E-state index is -0.589. The maximum absolute atomic E-state index is 12.8. The summed E-state index contributed by atoms with van der Waals surface area (Å²) in [6.45, 7) is 12.4. The molecular weight excluding hydrogens is 288 g/mol. The van der Waals surface area contributed by atoms with Gasteiger partial charge in [-0.2, -0.15) is 0 Å². The maximum Gasteiger partial charge on any atom is 0.137 e. The van der Waals surface area contributed by atoms with Gasteiger partial charge in [-0.05, 0) is 42.9 Å². The number of rotatable bonds is 1. The molecule has 3 nitrogen and oxygen atoms in total. The second kappa shape index (κ2) is 5.16. The zero-order valence-electron chi connectivity index (χ0n) is 15.0. The Morgan fingerprint density at radius 3 is 2.48 bits per heavy atom. The highest BCUT2D eigenvalue weighted by Gasteiger charge is 2.67. The number of aliphatic hydroxyl groups excluding tert-OH is 2. The number of ketones is 1. The van der Waals surface area contributed by atoms with Gasteiger partial charge in [-0.15, -0.1) is 6.58 Å². The van der Waals surface area contributed by atoms with E-state index in [-0.39, 0.29) is 17.3 Å². The third-order valence-corrected chi connectivity index (χ3v) is 8.33. The molecule has 0 saturated heterocycles. The molecular formula is C20H32O3. The lowest BCUT2D eigenvalue weighted by Crippen LogP contribution is -2.62. The summed E-state index contributed by atoms with van der Waals surface area (Å²) in [6, 6.07) is 0. The highest BCUT2D eigenvalue weighted by Crippen LogP contribution is 2.67. The van der Waals surface area contributed by atoms with Gasteiger partial charge in [0.05, 0.1) is 12.2 Å². The largest absolute Gasteiger partial charge is 0.392 e. The molecule has 3 aliphatic rings. The van der Waals surface area contributed by atoms with Crippen LogP contribution in [-0.4, -0.2) is 28.2 Å². The molecule has 3 heteroatoms. The van der Waals surface area contributed by atoms with Gasteiger partial charge in [0.15, 0.2) is 0 Å². The second-order valence-corrected chi connectivity index (χ2v) is 9.10. The zero-order valence-corrected chi connectivity index (χ0v) is 15.0. The van der Waals surface area contributed by atoms with E-state index in [1.807, 2.05) is 13.0 Å². The SMILES string of the molecule is C=C[C@]1(C)C[C@@H](O)[C@@]2(C)C3C(=O)CCC3(CC[C@H]2C)[C@@H](C)[C@@H]1O. The Morgan fingerprint density at radius 2 is 1.87 bits per heavy atom. The summed E-state index contributed by atoms with van der Waals surface area (Å²) in [5.74, 6) is 0.544. The fraction of sp³-hybridized carbons (Fsp3) is 0.850. The summed E-state index contributed by atoms with van der Waals surface area (Å²) < 4.78 is 0. The van der Waals surface area contributed by atoms with Crippen LogP contribution in [0.25, 0.3) is 0 Å². The molecule has 3 rings (SSSR count). The van der Waals surface area contributed by atoms with Crippen molar-refractivity contribution in [3.8, 4) is 0 Å². The van der Waals surface area contributed by atoms with Gasteiger partial charge in [-0.3, -0.25) is 4.79 Å². The number of carbonyl (C=O) groups excluding carboxylic acids is 1. The van der Waals surface area contributed by atoms with Crippen molar-refractivity contribution >= 4 is 5.78 Å². The van der Waals surface area contributed by atoms with Gasteiger partial charge >= 0.3 is 0 Å². The third kappa shape index (κ3) is 1.99. The molecule has 3 fully saturated rings. The van der Waals surface area contributed by atoms with Crippen molar-refractivity contribution in [3.05, 3.63) is 12.7 Å². The molecule has 0 spiro atoms. The second-order valence-electron chi connectivity index (χ2n) is 9.10.